The standard InChI is InChI=1S/C31H35N3O6S/c1-5-38-30(35)22-34(41(36,37)33(4)27-9-7-6-8-10-27)21-25-13-17-28(18-14-25)39-20-19-29-24(3)40-31(32-29)26-15-11-23(2)12-16-26/h6-18H,5,19-22H2,1-4H3. The normalized spacial score (nSPS) is 11.4. The van der Waals surface area contributed by atoms with Crippen LogP contribution < -0.4 is 9.04 Å². The fraction of sp³-hybridized carbons (Fsp3) is 0.290. The predicted molar refractivity (Wildman–Crippen MR) is 158 cm³/mol. The number of carbonyl (C=O) groups is 1. The third-order valence-corrected chi connectivity index (χ3v) is 8.30. The molecule has 4 aromatic rings. The molecule has 0 atom stereocenters. The second kappa shape index (κ2) is 13.5. The summed E-state index contributed by atoms with van der Waals surface area (Å²) in [6.45, 7) is 5.73. The van der Waals surface area contributed by atoms with Crippen molar-refractivity contribution in [3.05, 3.63) is 101 Å². The van der Waals surface area contributed by atoms with Crippen LogP contribution in [0.2, 0.25) is 0 Å². The summed E-state index contributed by atoms with van der Waals surface area (Å²) in [6, 6.07) is 23.8. The summed E-state index contributed by atoms with van der Waals surface area (Å²) < 4.78 is 46.0. The van der Waals surface area contributed by atoms with Crippen molar-refractivity contribution in [2.45, 2.75) is 33.7 Å². The van der Waals surface area contributed by atoms with E-state index in [0.717, 1.165) is 25.6 Å². The smallest absolute Gasteiger partial charge is 0.321 e. The molecule has 3 aromatic carbocycles. The van der Waals surface area contributed by atoms with Gasteiger partial charge in [-0.2, -0.15) is 12.7 Å². The zero-order chi connectivity index (χ0) is 29.4. The number of rotatable bonds is 13. The van der Waals surface area contributed by atoms with E-state index in [4.69, 9.17) is 13.9 Å². The van der Waals surface area contributed by atoms with Crippen LogP contribution >= 0.6 is 0 Å². The van der Waals surface area contributed by atoms with Gasteiger partial charge in [0.25, 0.3) is 0 Å². The molecule has 0 radical (unpaired) electrons. The Labute approximate surface area is 241 Å². The summed E-state index contributed by atoms with van der Waals surface area (Å²) in [7, 11) is -2.57. The van der Waals surface area contributed by atoms with Crippen molar-refractivity contribution in [3.63, 3.8) is 0 Å². The number of para-hydroxylation sites is 1. The molecule has 1 heterocycles. The zero-order valence-electron chi connectivity index (χ0n) is 23.7. The summed E-state index contributed by atoms with van der Waals surface area (Å²) in [6.07, 6.45) is 0.570. The zero-order valence-corrected chi connectivity index (χ0v) is 24.6. The molecule has 0 bridgehead atoms. The number of benzene rings is 3. The van der Waals surface area contributed by atoms with Crippen LogP contribution in [-0.4, -0.2) is 50.5 Å². The Morgan fingerprint density at radius 3 is 2.29 bits per heavy atom. The van der Waals surface area contributed by atoms with Gasteiger partial charge in [0.1, 0.15) is 18.1 Å². The van der Waals surface area contributed by atoms with E-state index in [0.29, 0.717) is 35.9 Å². The van der Waals surface area contributed by atoms with Crippen molar-refractivity contribution in [2.24, 2.45) is 0 Å². The minimum atomic E-state index is -4.03. The molecule has 41 heavy (non-hydrogen) atoms. The number of ether oxygens (including phenoxy) is 2. The van der Waals surface area contributed by atoms with Gasteiger partial charge in [-0.05, 0) is 62.7 Å². The van der Waals surface area contributed by atoms with E-state index in [-0.39, 0.29) is 13.2 Å². The Morgan fingerprint density at radius 1 is 0.951 bits per heavy atom. The quantitative estimate of drug-likeness (QED) is 0.198. The molecule has 0 aliphatic carbocycles. The topological polar surface area (TPSA) is 102 Å². The second-order valence-electron chi connectivity index (χ2n) is 9.51. The lowest BCUT2D eigenvalue weighted by molar-refractivity contribution is -0.143. The molecule has 0 aliphatic rings. The highest BCUT2D eigenvalue weighted by Gasteiger charge is 2.30. The number of aryl methyl sites for hydroxylation is 2. The first-order chi connectivity index (χ1) is 19.7. The maximum absolute atomic E-state index is 13.5. The third kappa shape index (κ3) is 7.74. The molecule has 4 rings (SSSR count). The van der Waals surface area contributed by atoms with E-state index in [9.17, 15) is 13.2 Å². The van der Waals surface area contributed by atoms with E-state index < -0.39 is 22.7 Å². The summed E-state index contributed by atoms with van der Waals surface area (Å²) in [4.78, 5) is 16.9. The Kier molecular flexibility index (Phi) is 9.80. The highest BCUT2D eigenvalue weighted by molar-refractivity contribution is 7.90. The van der Waals surface area contributed by atoms with Crippen molar-refractivity contribution >= 4 is 21.9 Å². The molecule has 9 nitrogen and oxygen atoms in total. The molecule has 0 unspecified atom stereocenters. The molecule has 216 valence electrons. The van der Waals surface area contributed by atoms with Crippen molar-refractivity contribution in [1.82, 2.24) is 9.29 Å². The van der Waals surface area contributed by atoms with Crippen LogP contribution in [0.1, 0.15) is 29.5 Å². The number of esters is 1. The van der Waals surface area contributed by atoms with E-state index in [1.807, 2.05) is 38.1 Å². The summed E-state index contributed by atoms with van der Waals surface area (Å²) in [5.74, 6) is 1.35. The lowest BCUT2D eigenvalue weighted by atomic mass is 10.1. The molecule has 10 heteroatoms. The van der Waals surface area contributed by atoms with Crippen LogP contribution in [0.3, 0.4) is 0 Å². The van der Waals surface area contributed by atoms with Crippen LogP contribution in [0.4, 0.5) is 5.69 Å². The molecule has 0 saturated carbocycles. The fourth-order valence-electron chi connectivity index (χ4n) is 4.15. The maximum Gasteiger partial charge on any atom is 0.321 e. The molecule has 0 aliphatic heterocycles. The van der Waals surface area contributed by atoms with E-state index in [2.05, 4.69) is 4.98 Å². The minimum Gasteiger partial charge on any atom is -0.493 e. The maximum atomic E-state index is 13.5. The predicted octanol–water partition coefficient (Wildman–Crippen LogP) is 5.33. The van der Waals surface area contributed by atoms with Gasteiger partial charge in [0.15, 0.2) is 0 Å². The van der Waals surface area contributed by atoms with Crippen molar-refractivity contribution in [1.29, 1.82) is 0 Å². The molecular formula is C31H35N3O6S. The van der Waals surface area contributed by atoms with E-state index in [1.54, 1.807) is 61.5 Å². The molecule has 0 amide bonds. The minimum absolute atomic E-state index is 0.0154. The number of hydrogen-bond acceptors (Lipinski definition) is 7. The number of oxazole rings is 1. The number of anilines is 1. The van der Waals surface area contributed by atoms with Crippen LogP contribution in [0, 0.1) is 13.8 Å². The van der Waals surface area contributed by atoms with E-state index in [1.165, 1.54) is 12.6 Å². The highest BCUT2D eigenvalue weighted by Crippen LogP contribution is 2.24. The van der Waals surface area contributed by atoms with Crippen LogP contribution in [0.15, 0.2) is 83.3 Å². The molecule has 0 N–H and O–H groups in total. The lowest BCUT2D eigenvalue weighted by Gasteiger charge is -2.28. The highest BCUT2D eigenvalue weighted by atomic mass is 32.2. The van der Waals surface area contributed by atoms with Crippen molar-refractivity contribution in [2.75, 3.05) is 31.1 Å². The number of carbonyl (C=O) groups excluding carboxylic acids is 1. The van der Waals surface area contributed by atoms with Crippen molar-refractivity contribution in [3.8, 4) is 17.2 Å². The van der Waals surface area contributed by atoms with Crippen LogP contribution in [0.5, 0.6) is 5.75 Å². The SMILES string of the molecule is CCOC(=O)CN(Cc1ccc(OCCc2nc(-c3ccc(C)cc3)oc2C)cc1)S(=O)(=O)N(C)c1ccccc1. The lowest BCUT2D eigenvalue weighted by Crippen LogP contribution is -2.44. The first-order valence-electron chi connectivity index (χ1n) is 13.4. The van der Waals surface area contributed by atoms with Crippen LogP contribution in [0.25, 0.3) is 11.5 Å². The summed E-state index contributed by atoms with van der Waals surface area (Å²) in [5.41, 5.74) is 4.11. The summed E-state index contributed by atoms with van der Waals surface area (Å²) in [5, 5.41) is 0. The van der Waals surface area contributed by atoms with Gasteiger partial charge >= 0.3 is 16.2 Å². The molecular weight excluding hydrogens is 542 g/mol. The second-order valence-corrected chi connectivity index (χ2v) is 11.5. The Balaban J connectivity index is 1.39. The molecule has 1 aromatic heterocycles. The first kappa shape index (κ1) is 29.8. The fourth-order valence-corrected chi connectivity index (χ4v) is 5.47. The average Bonchev–Trinajstić information content (AvgIpc) is 3.34. The van der Waals surface area contributed by atoms with Crippen LogP contribution in [-0.2, 0) is 32.7 Å². The van der Waals surface area contributed by atoms with Gasteiger partial charge in [-0.25, -0.2) is 4.98 Å². The largest absolute Gasteiger partial charge is 0.493 e. The third-order valence-electron chi connectivity index (χ3n) is 6.48. The monoisotopic (exact) mass is 577 g/mol. The van der Waals surface area contributed by atoms with Gasteiger partial charge in [0, 0.05) is 25.6 Å². The van der Waals surface area contributed by atoms with Gasteiger partial charge in [0.2, 0.25) is 5.89 Å². The van der Waals surface area contributed by atoms with Gasteiger partial charge < -0.3 is 13.9 Å². The number of hydrogen-bond donors (Lipinski definition) is 0. The molecule has 0 fully saturated rings. The Hall–Kier alpha value is -4.15. The van der Waals surface area contributed by atoms with Gasteiger partial charge in [-0.15, -0.1) is 0 Å². The average molecular weight is 578 g/mol. The Morgan fingerprint density at radius 2 is 1.63 bits per heavy atom. The first-order valence-corrected chi connectivity index (χ1v) is 14.8. The summed E-state index contributed by atoms with van der Waals surface area (Å²) >= 11 is 0. The number of nitrogens with zero attached hydrogens (tertiary/aromatic N) is 3. The Bertz CT molecular complexity index is 1540. The molecule has 0 spiro atoms. The van der Waals surface area contributed by atoms with Gasteiger partial charge in [-0.1, -0.05) is 48.0 Å². The van der Waals surface area contributed by atoms with E-state index >= 15 is 0 Å². The number of aromatic nitrogens is 1. The van der Waals surface area contributed by atoms with Gasteiger partial charge in [0.05, 0.1) is 24.6 Å². The van der Waals surface area contributed by atoms with Gasteiger partial charge in [-0.3, -0.25) is 9.10 Å². The van der Waals surface area contributed by atoms with Crippen molar-refractivity contribution < 1.29 is 27.1 Å². The molecule has 0 saturated heterocycles.